The molecule has 0 aromatic heterocycles. The number of aromatic carboxylic acids is 1. The van der Waals surface area contributed by atoms with Crippen LogP contribution in [0.3, 0.4) is 0 Å². The first-order valence-corrected chi connectivity index (χ1v) is 7.15. The standard InChI is InChI=1S/C16H15Cl2NO2/c1-19(10-12-6-14(17)8-15(18)7-12)9-11-2-4-13(5-3-11)16(20)21/h2-8H,9-10H2,1H3,(H,20,21). The Bertz CT molecular complexity index is 621. The van der Waals surface area contributed by atoms with Crippen LogP contribution in [0.1, 0.15) is 21.5 Å². The van der Waals surface area contributed by atoms with Crippen LogP contribution in [-0.2, 0) is 13.1 Å². The van der Waals surface area contributed by atoms with Crippen molar-refractivity contribution < 1.29 is 9.90 Å². The third-order valence-corrected chi connectivity index (χ3v) is 3.46. The van der Waals surface area contributed by atoms with Gasteiger partial charge in [-0.05, 0) is 48.5 Å². The Morgan fingerprint density at radius 2 is 1.52 bits per heavy atom. The number of hydrogen-bond acceptors (Lipinski definition) is 2. The summed E-state index contributed by atoms with van der Waals surface area (Å²) >= 11 is 12.0. The van der Waals surface area contributed by atoms with E-state index in [-0.39, 0.29) is 0 Å². The summed E-state index contributed by atoms with van der Waals surface area (Å²) in [6.07, 6.45) is 0. The third kappa shape index (κ3) is 4.74. The van der Waals surface area contributed by atoms with Crippen LogP contribution in [-0.4, -0.2) is 23.0 Å². The molecule has 0 heterocycles. The lowest BCUT2D eigenvalue weighted by atomic mass is 10.1. The lowest BCUT2D eigenvalue weighted by Crippen LogP contribution is -2.17. The van der Waals surface area contributed by atoms with Crippen molar-refractivity contribution in [2.45, 2.75) is 13.1 Å². The molecule has 0 aliphatic carbocycles. The fourth-order valence-corrected chi connectivity index (χ4v) is 2.71. The van der Waals surface area contributed by atoms with Gasteiger partial charge in [-0.3, -0.25) is 4.90 Å². The molecular weight excluding hydrogens is 309 g/mol. The molecule has 0 aliphatic rings. The summed E-state index contributed by atoms with van der Waals surface area (Å²) in [6.45, 7) is 1.42. The van der Waals surface area contributed by atoms with Crippen molar-refractivity contribution in [1.29, 1.82) is 0 Å². The van der Waals surface area contributed by atoms with E-state index < -0.39 is 5.97 Å². The summed E-state index contributed by atoms with van der Waals surface area (Å²) in [4.78, 5) is 12.9. The molecule has 3 nitrogen and oxygen atoms in total. The highest BCUT2D eigenvalue weighted by atomic mass is 35.5. The van der Waals surface area contributed by atoms with E-state index in [0.717, 1.165) is 11.1 Å². The summed E-state index contributed by atoms with van der Waals surface area (Å²) < 4.78 is 0. The second-order valence-electron chi connectivity index (χ2n) is 4.95. The molecule has 5 heteroatoms. The average Bonchev–Trinajstić information content (AvgIpc) is 2.37. The van der Waals surface area contributed by atoms with Gasteiger partial charge in [0.1, 0.15) is 0 Å². The van der Waals surface area contributed by atoms with Gasteiger partial charge < -0.3 is 5.11 Å². The Balaban J connectivity index is 2.00. The highest BCUT2D eigenvalue weighted by Crippen LogP contribution is 2.20. The van der Waals surface area contributed by atoms with Gasteiger partial charge >= 0.3 is 5.97 Å². The van der Waals surface area contributed by atoms with Crippen LogP contribution in [0.15, 0.2) is 42.5 Å². The highest BCUT2D eigenvalue weighted by molar-refractivity contribution is 6.34. The largest absolute Gasteiger partial charge is 0.478 e. The van der Waals surface area contributed by atoms with Crippen LogP contribution in [0.25, 0.3) is 0 Å². The van der Waals surface area contributed by atoms with Gasteiger partial charge in [0.2, 0.25) is 0 Å². The molecule has 0 saturated heterocycles. The molecule has 0 unspecified atom stereocenters. The second-order valence-corrected chi connectivity index (χ2v) is 5.82. The van der Waals surface area contributed by atoms with Crippen LogP contribution in [0.5, 0.6) is 0 Å². The zero-order valence-electron chi connectivity index (χ0n) is 11.5. The minimum Gasteiger partial charge on any atom is -0.478 e. The zero-order chi connectivity index (χ0) is 15.4. The molecule has 21 heavy (non-hydrogen) atoms. The molecule has 2 rings (SSSR count). The fourth-order valence-electron chi connectivity index (χ4n) is 2.13. The summed E-state index contributed by atoms with van der Waals surface area (Å²) in [5.74, 6) is -0.913. The molecule has 0 saturated carbocycles. The summed E-state index contributed by atoms with van der Waals surface area (Å²) in [7, 11) is 1.99. The first-order valence-electron chi connectivity index (χ1n) is 6.40. The van der Waals surface area contributed by atoms with E-state index in [1.807, 2.05) is 31.3 Å². The van der Waals surface area contributed by atoms with E-state index in [1.54, 1.807) is 18.2 Å². The third-order valence-electron chi connectivity index (χ3n) is 3.03. The fraction of sp³-hybridized carbons (Fsp3) is 0.188. The maximum absolute atomic E-state index is 10.8. The van der Waals surface area contributed by atoms with Crippen molar-refractivity contribution in [3.8, 4) is 0 Å². The van der Waals surface area contributed by atoms with Gasteiger partial charge in [-0.15, -0.1) is 0 Å². The van der Waals surface area contributed by atoms with Crippen molar-refractivity contribution in [1.82, 2.24) is 4.90 Å². The van der Waals surface area contributed by atoms with Crippen molar-refractivity contribution >= 4 is 29.2 Å². The summed E-state index contributed by atoms with van der Waals surface area (Å²) in [6, 6.07) is 12.4. The Morgan fingerprint density at radius 1 is 1.00 bits per heavy atom. The Kier molecular flexibility index (Phi) is 5.23. The zero-order valence-corrected chi connectivity index (χ0v) is 13.0. The topological polar surface area (TPSA) is 40.5 Å². The first-order chi connectivity index (χ1) is 9.94. The van der Waals surface area contributed by atoms with Gasteiger partial charge in [-0.2, -0.15) is 0 Å². The minimum atomic E-state index is -0.913. The van der Waals surface area contributed by atoms with E-state index in [1.165, 1.54) is 0 Å². The smallest absolute Gasteiger partial charge is 0.335 e. The quantitative estimate of drug-likeness (QED) is 0.890. The van der Waals surface area contributed by atoms with Crippen LogP contribution >= 0.6 is 23.2 Å². The number of carboxylic acids is 1. The van der Waals surface area contributed by atoms with Crippen LogP contribution in [0, 0.1) is 0 Å². The number of nitrogens with zero attached hydrogens (tertiary/aromatic N) is 1. The van der Waals surface area contributed by atoms with E-state index in [2.05, 4.69) is 4.90 Å². The normalized spacial score (nSPS) is 10.9. The maximum Gasteiger partial charge on any atom is 0.335 e. The van der Waals surface area contributed by atoms with E-state index in [0.29, 0.717) is 28.7 Å². The minimum absolute atomic E-state index is 0.294. The molecule has 0 atom stereocenters. The molecule has 2 aromatic carbocycles. The molecule has 0 radical (unpaired) electrons. The number of carboxylic acid groups (broad SMARTS) is 1. The number of rotatable bonds is 5. The predicted molar refractivity (Wildman–Crippen MR) is 85.0 cm³/mol. The second kappa shape index (κ2) is 6.94. The highest BCUT2D eigenvalue weighted by Gasteiger charge is 2.06. The van der Waals surface area contributed by atoms with Gasteiger partial charge in [-0.1, -0.05) is 35.3 Å². The van der Waals surface area contributed by atoms with Gasteiger partial charge in [-0.25, -0.2) is 4.79 Å². The Hall–Kier alpha value is -1.55. The van der Waals surface area contributed by atoms with Crippen molar-refractivity contribution in [3.05, 3.63) is 69.2 Å². The summed E-state index contributed by atoms with van der Waals surface area (Å²) in [5.41, 5.74) is 2.39. The Labute approximate surface area is 133 Å². The van der Waals surface area contributed by atoms with Crippen LogP contribution in [0.4, 0.5) is 0 Å². The molecule has 0 fully saturated rings. The number of benzene rings is 2. The molecule has 110 valence electrons. The monoisotopic (exact) mass is 323 g/mol. The Morgan fingerprint density at radius 3 is 2.05 bits per heavy atom. The molecule has 0 bridgehead atoms. The lowest BCUT2D eigenvalue weighted by molar-refractivity contribution is 0.0697. The number of hydrogen-bond donors (Lipinski definition) is 1. The van der Waals surface area contributed by atoms with Gasteiger partial charge in [0.15, 0.2) is 0 Å². The molecule has 1 N–H and O–H groups in total. The van der Waals surface area contributed by atoms with E-state index in [4.69, 9.17) is 28.3 Å². The van der Waals surface area contributed by atoms with Crippen molar-refractivity contribution in [2.24, 2.45) is 0 Å². The van der Waals surface area contributed by atoms with Gasteiger partial charge in [0, 0.05) is 23.1 Å². The lowest BCUT2D eigenvalue weighted by Gasteiger charge is -2.17. The summed E-state index contributed by atoms with van der Waals surface area (Å²) in [5, 5.41) is 10.1. The van der Waals surface area contributed by atoms with Crippen molar-refractivity contribution in [2.75, 3.05) is 7.05 Å². The van der Waals surface area contributed by atoms with Crippen molar-refractivity contribution in [3.63, 3.8) is 0 Å². The molecule has 0 aliphatic heterocycles. The predicted octanol–water partition coefficient (Wildman–Crippen LogP) is 4.32. The van der Waals surface area contributed by atoms with E-state index in [9.17, 15) is 4.79 Å². The molecule has 0 spiro atoms. The molecule has 2 aromatic rings. The number of carbonyl (C=O) groups is 1. The molecule has 0 amide bonds. The first kappa shape index (κ1) is 15.8. The average molecular weight is 324 g/mol. The maximum atomic E-state index is 10.8. The molecular formula is C16H15Cl2NO2. The van der Waals surface area contributed by atoms with Gasteiger partial charge in [0.25, 0.3) is 0 Å². The van der Waals surface area contributed by atoms with Crippen LogP contribution < -0.4 is 0 Å². The number of halogens is 2. The SMILES string of the molecule is CN(Cc1ccc(C(=O)O)cc1)Cc1cc(Cl)cc(Cl)c1. The van der Waals surface area contributed by atoms with Crippen LogP contribution in [0.2, 0.25) is 10.0 Å². The van der Waals surface area contributed by atoms with E-state index >= 15 is 0 Å². The van der Waals surface area contributed by atoms with Gasteiger partial charge in [0.05, 0.1) is 5.56 Å².